The number of benzene rings is 1. The van der Waals surface area contributed by atoms with Gasteiger partial charge in [0.1, 0.15) is 6.61 Å². The summed E-state index contributed by atoms with van der Waals surface area (Å²) < 4.78 is 20.9. The number of methoxy groups -OCH3 is 1. The molecule has 1 heterocycles. The van der Waals surface area contributed by atoms with Gasteiger partial charge in [0, 0.05) is 0 Å². The fourth-order valence-electron chi connectivity index (χ4n) is 2.69. The molecular formula is C19H24N2O7. The van der Waals surface area contributed by atoms with E-state index in [0.29, 0.717) is 18.1 Å². The SMILES string of the molecule is CCOC(=O)C1=C(COC(=O)c2ccc(OC)c(OCC)c2)NC(=O)N[C@H]1C. The lowest BCUT2D eigenvalue weighted by Gasteiger charge is -2.26. The van der Waals surface area contributed by atoms with Gasteiger partial charge in [-0.2, -0.15) is 0 Å². The van der Waals surface area contributed by atoms with Crippen molar-refractivity contribution in [1.82, 2.24) is 10.6 Å². The van der Waals surface area contributed by atoms with Crippen molar-refractivity contribution < 1.29 is 33.3 Å². The number of carbonyl (C=O) groups is 3. The number of nitrogens with one attached hydrogen (secondary N) is 2. The number of amides is 2. The van der Waals surface area contributed by atoms with Crippen LogP contribution in [0.5, 0.6) is 11.5 Å². The summed E-state index contributed by atoms with van der Waals surface area (Å²) >= 11 is 0. The summed E-state index contributed by atoms with van der Waals surface area (Å²) in [6, 6.07) is 3.57. The molecule has 2 rings (SSSR count). The topological polar surface area (TPSA) is 112 Å². The minimum absolute atomic E-state index is 0.182. The van der Waals surface area contributed by atoms with E-state index in [1.807, 2.05) is 6.92 Å². The van der Waals surface area contributed by atoms with Gasteiger partial charge in [-0.1, -0.05) is 0 Å². The van der Waals surface area contributed by atoms with Gasteiger partial charge in [0.15, 0.2) is 11.5 Å². The number of ether oxygens (including phenoxy) is 4. The lowest BCUT2D eigenvalue weighted by atomic mass is 10.0. The van der Waals surface area contributed by atoms with Crippen molar-refractivity contribution in [3.63, 3.8) is 0 Å². The van der Waals surface area contributed by atoms with Crippen LogP contribution in [0.2, 0.25) is 0 Å². The molecule has 0 aromatic heterocycles. The maximum atomic E-state index is 12.4. The highest BCUT2D eigenvalue weighted by atomic mass is 16.5. The highest BCUT2D eigenvalue weighted by Gasteiger charge is 2.30. The lowest BCUT2D eigenvalue weighted by Crippen LogP contribution is -2.50. The number of urea groups is 1. The largest absolute Gasteiger partial charge is 0.493 e. The van der Waals surface area contributed by atoms with Crippen LogP contribution in [0.25, 0.3) is 0 Å². The molecule has 0 unspecified atom stereocenters. The second-order valence-corrected chi connectivity index (χ2v) is 5.81. The van der Waals surface area contributed by atoms with Gasteiger partial charge < -0.3 is 29.6 Å². The van der Waals surface area contributed by atoms with Crippen LogP contribution in [-0.4, -0.2) is 50.9 Å². The predicted molar refractivity (Wildman–Crippen MR) is 99.2 cm³/mol. The van der Waals surface area contributed by atoms with Gasteiger partial charge in [0.25, 0.3) is 0 Å². The molecule has 0 saturated heterocycles. The van der Waals surface area contributed by atoms with Crippen LogP contribution in [0.4, 0.5) is 4.79 Å². The van der Waals surface area contributed by atoms with Crippen molar-refractivity contribution in [2.45, 2.75) is 26.8 Å². The van der Waals surface area contributed by atoms with Crippen LogP contribution in [0.3, 0.4) is 0 Å². The van der Waals surface area contributed by atoms with E-state index in [-0.39, 0.29) is 30.0 Å². The van der Waals surface area contributed by atoms with E-state index < -0.39 is 24.0 Å². The van der Waals surface area contributed by atoms with Crippen molar-refractivity contribution in [2.75, 3.05) is 26.9 Å². The fourth-order valence-corrected chi connectivity index (χ4v) is 2.69. The Bertz CT molecular complexity index is 788. The molecular weight excluding hydrogens is 368 g/mol. The number of hydrogen-bond acceptors (Lipinski definition) is 7. The summed E-state index contributed by atoms with van der Waals surface area (Å²) in [5, 5.41) is 5.07. The first-order chi connectivity index (χ1) is 13.4. The molecule has 1 aromatic rings. The molecule has 1 atom stereocenters. The van der Waals surface area contributed by atoms with Crippen LogP contribution in [-0.2, 0) is 14.3 Å². The molecule has 1 aliphatic rings. The van der Waals surface area contributed by atoms with Gasteiger partial charge in [-0.05, 0) is 39.0 Å². The van der Waals surface area contributed by atoms with E-state index in [9.17, 15) is 14.4 Å². The third kappa shape index (κ3) is 4.93. The molecule has 2 N–H and O–H groups in total. The number of hydrogen-bond donors (Lipinski definition) is 2. The lowest BCUT2D eigenvalue weighted by molar-refractivity contribution is -0.139. The van der Waals surface area contributed by atoms with Gasteiger partial charge >= 0.3 is 18.0 Å². The summed E-state index contributed by atoms with van der Waals surface area (Å²) in [7, 11) is 1.50. The zero-order valence-corrected chi connectivity index (χ0v) is 16.3. The van der Waals surface area contributed by atoms with Gasteiger partial charge in [-0.25, -0.2) is 14.4 Å². The van der Waals surface area contributed by atoms with Crippen molar-refractivity contribution in [2.24, 2.45) is 0 Å². The quantitative estimate of drug-likeness (QED) is 0.649. The average Bonchev–Trinajstić information content (AvgIpc) is 2.65. The second kappa shape index (κ2) is 9.63. The smallest absolute Gasteiger partial charge is 0.338 e. The Morgan fingerprint density at radius 2 is 1.82 bits per heavy atom. The molecule has 2 amide bonds. The zero-order valence-electron chi connectivity index (χ0n) is 16.3. The monoisotopic (exact) mass is 392 g/mol. The van der Waals surface area contributed by atoms with E-state index in [0.717, 1.165) is 0 Å². The van der Waals surface area contributed by atoms with Gasteiger partial charge in [-0.3, -0.25) is 0 Å². The molecule has 0 saturated carbocycles. The van der Waals surface area contributed by atoms with Crippen molar-refractivity contribution >= 4 is 18.0 Å². The third-order valence-electron chi connectivity index (χ3n) is 3.91. The van der Waals surface area contributed by atoms with Crippen LogP contribution in [0.1, 0.15) is 31.1 Å². The number of carbonyl (C=O) groups excluding carboxylic acids is 3. The van der Waals surface area contributed by atoms with Crippen LogP contribution in [0, 0.1) is 0 Å². The van der Waals surface area contributed by atoms with Crippen molar-refractivity contribution in [1.29, 1.82) is 0 Å². The fraction of sp³-hybridized carbons (Fsp3) is 0.421. The molecule has 1 aromatic carbocycles. The molecule has 9 heteroatoms. The molecule has 0 bridgehead atoms. The molecule has 0 radical (unpaired) electrons. The van der Waals surface area contributed by atoms with Gasteiger partial charge in [0.2, 0.25) is 0 Å². The highest BCUT2D eigenvalue weighted by Crippen LogP contribution is 2.28. The number of rotatable bonds is 8. The molecule has 1 aliphatic heterocycles. The molecule has 0 spiro atoms. The van der Waals surface area contributed by atoms with Crippen LogP contribution >= 0.6 is 0 Å². The summed E-state index contributed by atoms with van der Waals surface area (Å²) in [4.78, 5) is 36.3. The maximum absolute atomic E-state index is 12.4. The van der Waals surface area contributed by atoms with E-state index in [4.69, 9.17) is 18.9 Å². The first-order valence-corrected chi connectivity index (χ1v) is 8.86. The standard InChI is InChI=1S/C19H24N2O7/c1-5-26-15-9-12(7-8-14(15)25-4)17(22)28-10-13-16(18(23)27-6-2)11(3)20-19(24)21-13/h7-9,11H,5-6,10H2,1-4H3,(H2,20,21,24)/t11-/m0/s1. The van der Waals surface area contributed by atoms with Crippen LogP contribution in [0.15, 0.2) is 29.5 Å². The minimum atomic E-state index is -0.639. The van der Waals surface area contributed by atoms with E-state index >= 15 is 0 Å². The van der Waals surface area contributed by atoms with Crippen molar-refractivity contribution in [3.8, 4) is 11.5 Å². The summed E-state index contributed by atoms with van der Waals surface area (Å²) in [6.45, 7) is 5.43. The molecule has 28 heavy (non-hydrogen) atoms. The van der Waals surface area contributed by atoms with E-state index in [1.165, 1.54) is 19.2 Å². The molecule has 9 nitrogen and oxygen atoms in total. The minimum Gasteiger partial charge on any atom is -0.493 e. The Balaban J connectivity index is 2.19. The van der Waals surface area contributed by atoms with Gasteiger partial charge in [-0.15, -0.1) is 0 Å². The number of esters is 2. The Labute approximate surface area is 163 Å². The third-order valence-corrected chi connectivity index (χ3v) is 3.91. The van der Waals surface area contributed by atoms with Crippen molar-refractivity contribution in [3.05, 3.63) is 35.0 Å². The summed E-state index contributed by atoms with van der Waals surface area (Å²) in [5.74, 6) is -0.323. The normalized spacial score (nSPS) is 16.0. The second-order valence-electron chi connectivity index (χ2n) is 5.81. The molecule has 152 valence electrons. The first-order valence-electron chi connectivity index (χ1n) is 8.86. The molecule has 0 fully saturated rings. The molecule has 0 aliphatic carbocycles. The predicted octanol–water partition coefficient (Wildman–Crippen LogP) is 1.77. The Hall–Kier alpha value is -3.23. The first kappa shape index (κ1) is 21.1. The summed E-state index contributed by atoms with van der Waals surface area (Å²) in [6.07, 6.45) is 0. The van der Waals surface area contributed by atoms with E-state index in [2.05, 4.69) is 10.6 Å². The van der Waals surface area contributed by atoms with Gasteiger partial charge in [0.05, 0.1) is 43.2 Å². The average molecular weight is 392 g/mol. The Morgan fingerprint density at radius 1 is 1.07 bits per heavy atom. The van der Waals surface area contributed by atoms with E-state index in [1.54, 1.807) is 19.9 Å². The highest BCUT2D eigenvalue weighted by molar-refractivity contribution is 5.95. The Morgan fingerprint density at radius 3 is 2.46 bits per heavy atom. The zero-order chi connectivity index (χ0) is 20.7. The Kier molecular flexibility index (Phi) is 7.25. The van der Waals surface area contributed by atoms with Crippen LogP contribution < -0.4 is 20.1 Å². The summed E-state index contributed by atoms with van der Waals surface area (Å²) in [5.41, 5.74) is 0.636. The maximum Gasteiger partial charge on any atom is 0.338 e.